The van der Waals surface area contributed by atoms with Crippen molar-refractivity contribution in [2.75, 3.05) is 5.75 Å². The van der Waals surface area contributed by atoms with E-state index in [1.54, 1.807) is 30.4 Å². The lowest BCUT2D eigenvalue weighted by molar-refractivity contribution is 0.563. The van der Waals surface area contributed by atoms with Crippen molar-refractivity contribution < 1.29 is 0 Å². The van der Waals surface area contributed by atoms with Crippen LogP contribution in [0.3, 0.4) is 0 Å². The van der Waals surface area contributed by atoms with E-state index in [4.69, 9.17) is 12.2 Å². The molecule has 26 heavy (non-hydrogen) atoms. The number of thioether (sulfide) groups is 1. The number of aromatic nitrogens is 4. The van der Waals surface area contributed by atoms with Crippen molar-refractivity contribution in [2.24, 2.45) is 14.1 Å². The van der Waals surface area contributed by atoms with Crippen molar-refractivity contribution in [3.05, 3.63) is 15.1 Å². The summed E-state index contributed by atoms with van der Waals surface area (Å²) in [5, 5.41) is 0.850. The molecule has 0 bridgehead atoms. The first kappa shape index (κ1) is 21.2. The number of nitrogens with zero attached hydrogens (tertiary/aromatic N) is 3. The molecule has 7 heteroatoms. The van der Waals surface area contributed by atoms with Gasteiger partial charge in [0.25, 0.3) is 0 Å². The smallest absolute Gasteiger partial charge is 0.329 e. The Morgan fingerprint density at radius 2 is 1.54 bits per heavy atom. The number of nitrogens with one attached hydrogen (secondary N) is 1. The van der Waals surface area contributed by atoms with E-state index < -0.39 is 0 Å². The second kappa shape index (κ2) is 10.9. The average molecular weight is 397 g/mol. The van der Waals surface area contributed by atoms with Crippen LogP contribution in [-0.4, -0.2) is 24.9 Å². The van der Waals surface area contributed by atoms with Gasteiger partial charge in [-0.2, -0.15) is 0 Å². The number of aryl methyl sites for hydroxylation is 1. The van der Waals surface area contributed by atoms with Crippen LogP contribution in [-0.2, 0) is 14.1 Å². The molecule has 2 heterocycles. The van der Waals surface area contributed by atoms with E-state index in [9.17, 15) is 4.79 Å². The third kappa shape index (κ3) is 5.71. The van der Waals surface area contributed by atoms with Crippen molar-refractivity contribution in [1.82, 2.24) is 19.1 Å². The fourth-order valence-electron chi connectivity index (χ4n) is 3.13. The van der Waals surface area contributed by atoms with Gasteiger partial charge in [-0.25, -0.2) is 9.78 Å². The number of hydrogen-bond donors (Lipinski definition) is 1. The largest absolute Gasteiger partial charge is 0.330 e. The lowest BCUT2D eigenvalue weighted by atomic mass is 10.1. The van der Waals surface area contributed by atoms with Gasteiger partial charge in [-0.1, -0.05) is 88.7 Å². The Morgan fingerprint density at radius 1 is 0.962 bits per heavy atom. The number of rotatable bonds is 12. The summed E-state index contributed by atoms with van der Waals surface area (Å²) >= 11 is 7.07. The lowest BCUT2D eigenvalue weighted by Crippen LogP contribution is -2.27. The van der Waals surface area contributed by atoms with Gasteiger partial charge in [0, 0.05) is 19.8 Å². The zero-order valence-electron chi connectivity index (χ0n) is 16.3. The van der Waals surface area contributed by atoms with Gasteiger partial charge in [-0.3, -0.25) is 9.13 Å². The van der Waals surface area contributed by atoms with Gasteiger partial charge < -0.3 is 4.98 Å². The van der Waals surface area contributed by atoms with Crippen LogP contribution in [0.15, 0.2) is 9.95 Å². The van der Waals surface area contributed by atoms with Gasteiger partial charge in [0.15, 0.2) is 10.8 Å². The monoisotopic (exact) mass is 396 g/mol. The summed E-state index contributed by atoms with van der Waals surface area (Å²) in [5.74, 6) is 1.04. The third-order valence-corrected chi connectivity index (χ3v) is 6.25. The maximum Gasteiger partial charge on any atom is 0.330 e. The molecule has 0 unspecified atom stereocenters. The molecule has 146 valence electrons. The van der Waals surface area contributed by atoms with Crippen molar-refractivity contribution >= 4 is 35.1 Å². The molecule has 0 atom stereocenters. The van der Waals surface area contributed by atoms with Crippen LogP contribution < -0.4 is 5.69 Å². The molecule has 0 aliphatic rings. The minimum absolute atomic E-state index is 0.139. The summed E-state index contributed by atoms with van der Waals surface area (Å²) in [6, 6.07) is 0. The summed E-state index contributed by atoms with van der Waals surface area (Å²) in [5.41, 5.74) is 1.28. The van der Waals surface area contributed by atoms with E-state index in [0.717, 1.165) is 16.4 Å². The molecule has 0 aliphatic carbocycles. The van der Waals surface area contributed by atoms with E-state index in [1.165, 1.54) is 68.8 Å². The van der Waals surface area contributed by atoms with Crippen LogP contribution in [0.4, 0.5) is 0 Å². The Kier molecular flexibility index (Phi) is 8.91. The standard InChI is InChI=1S/C19H32N4OS2/c1-4-5-6-7-8-9-10-11-12-13-14-26-18-20-15-16(21-18)22(2)19(24)23(3)17(15)25/h4-14H2,1-3H3,(H,20,21). The van der Waals surface area contributed by atoms with E-state index in [0.29, 0.717) is 10.3 Å². The summed E-state index contributed by atoms with van der Waals surface area (Å²) in [6.07, 6.45) is 13.5. The molecule has 0 amide bonds. The zero-order valence-corrected chi connectivity index (χ0v) is 18.0. The highest BCUT2D eigenvalue weighted by molar-refractivity contribution is 7.99. The first-order chi connectivity index (χ1) is 12.6. The minimum Gasteiger partial charge on any atom is -0.329 e. The maximum absolute atomic E-state index is 12.1. The number of aromatic amines is 1. The Morgan fingerprint density at radius 3 is 2.15 bits per heavy atom. The van der Waals surface area contributed by atoms with Gasteiger partial charge in [0.1, 0.15) is 10.2 Å². The zero-order chi connectivity index (χ0) is 18.9. The summed E-state index contributed by atoms with van der Waals surface area (Å²) < 4.78 is 3.54. The normalized spacial score (nSPS) is 11.5. The van der Waals surface area contributed by atoms with E-state index in [-0.39, 0.29) is 5.69 Å². The van der Waals surface area contributed by atoms with E-state index in [1.807, 2.05) is 0 Å². The number of hydrogen-bond acceptors (Lipinski definition) is 4. The van der Waals surface area contributed by atoms with Crippen molar-refractivity contribution in [1.29, 1.82) is 0 Å². The molecule has 2 rings (SSSR count). The number of imidazole rings is 1. The lowest BCUT2D eigenvalue weighted by Gasteiger charge is -2.02. The molecular weight excluding hydrogens is 364 g/mol. The van der Waals surface area contributed by atoms with E-state index in [2.05, 4.69) is 16.9 Å². The topological polar surface area (TPSA) is 55.6 Å². The minimum atomic E-state index is -0.139. The van der Waals surface area contributed by atoms with Gasteiger partial charge >= 0.3 is 5.69 Å². The Hall–Kier alpha value is -1.08. The molecule has 1 N–H and O–H groups in total. The summed E-state index contributed by atoms with van der Waals surface area (Å²) in [7, 11) is 3.43. The second-order valence-electron chi connectivity index (χ2n) is 6.98. The predicted molar refractivity (Wildman–Crippen MR) is 114 cm³/mol. The van der Waals surface area contributed by atoms with Crippen LogP contribution >= 0.6 is 24.0 Å². The quantitative estimate of drug-likeness (QED) is 0.299. The predicted octanol–water partition coefficient (Wildman–Crippen LogP) is 5.34. The molecule has 0 fully saturated rings. The molecular formula is C19H32N4OS2. The molecule has 0 radical (unpaired) electrons. The highest BCUT2D eigenvalue weighted by atomic mass is 32.2. The van der Waals surface area contributed by atoms with Gasteiger partial charge in [-0.15, -0.1) is 0 Å². The van der Waals surface area contributed by atoms with Crippen LogP contribution in [0.1, 0.15) is 71.1 Å². The van der Waals surface area contributed by atoms with Crippen LogP contribution in [0, 0.1) is 4.64 Å². The fourth-order valence-corrected chi connectivity index (χ4v) is 4.22. The highest BCUT2D eigenvalue weighted by Crippen LogP contribution is 2.21. The molecule has 0 aromatic carbocycles. The van der Waals surface area contributed by atoms with Gasteiger partial charge in [0.05, 0.1) is 0 Å². The molecule has 0 saturated heterocycles. The summed E-state index contributed by atoms with van der Waals surface area (Å²) in [6.45, 7) is 2.26. The SMILES string of the molecule is CCCCCCCCCCCCSc1nc2c([nH]1)c(=S)n(C)c(=O)n2C. The van der Waals surface area contributed by atoms with Gasteiger partial charge in [0.2, 0.25) is 0 Å². The van der Waals surface area contributed by atoms with Crippen molar-refractivity contribution in [3.8, 4) is 0 Å². The highest BCUT2D eigenvalue weighted by Gasteiger charge is 2.11. The molecule has 0 aliphatic heterocycles. The van der Waals surface area contributed by atoms with Crippen LogP contribution in [0.2, 0.25) is 0 Å². The maximum atomic E-state index is 12.1. The number of unbranched alkanes of at least 4 members (excludes halogenated alkanes) is 9. The first-order valence-corrected chi connectivity index (χ1v) is 11.2. The van der Waals surface area contributed by atoms with Crippen molar-refractivity contribution in [2.45, 2.75) is 76.3 Å². The van der Waals surface area contributed by atoms with Crippen LogP contribution in [0.5, 0.6) is 0 Å². The molecule has 2 aromatic rings. The number of H-pyrrole nitrogens is 1. The summed E-state index contributed by atoms with van der Waals surface area (Å²) in [4.78, 5) is 19.9. The van der Waals surface area contributed by atoms with Crippen LogP contribution in [0.25, 0.3) is 11.2 Å². The molecule has 0 spiro atoms. The molecule has 5 nitrogen and oxygen atoms in total. The van der Waals surface area contributed by atoms with E-state index >= 15 is 0 Å². The molecule has 2 aromatic heterocycles. The second-order valence-corrected chi connectivity index (χ2v) is 8.45. The first-order valence-electron chi connectivity index (χ1n) is 9.84. The fraction of sp³-hybridized carbons (Fsp3) is 0.737. The Labute approximate surface area is 165 Å². The average Bonchev–Trinajstić information content (AvgIpc) is 3.07. The van der Waals surface area contributed by atoms with Gasteiger partial charge in [-0.05, 0) is 6.42 Å². The Bertz CT molecular complexity index is 806. The Balaban J connectivity index is 1.69. The third-order valence-electron chi connectivity index (χ3n) is 4.81. The van der Waals surface area contributed by atoms with Crippen molar-refractivity contribution in [3.63, 3.8) is 0 Å². The number of fused-ring (bicyclic) bond motifs is 1. The molecule has 0 saturated carbocycles.